The van der Waals surface area contributed by atoms with Gasteiger partial charge in [-0.1, -0.05) is 36.4 Å². The minimum absolute atomic E-state index is 0.0462. The first kappa shape index (κ1) is 24.0. The van der Waals surface area contributed by atoms with Crippen molar-refractivity contribution in [2.24, 2.45) is 0 Å². The van der Waals surface area contributed by atoms with Gasteiger partial charge in [-0.25, -0.2) is 18.1 Å². The first-order chi connectivity index (χ1) is 16.4. The molecule has 2 heterocycles. The summed E-state index contributed by atoms with van der Waals surface area (Å²) in [4.78, 5) is 26.4. The van der Waals surface area contributed by atoms with Crippen molar-refractivity contribution in [3.8, 4) is 5.69 Å². The molecule has 2 amide bonds. The fraction of sp³-hybridized carbons (Fsp3) is 0.292. The molecule has 4 rings (SSSR count). The van der Waals surface area contributed by atoms with Crippen LogP contribution in [-0.2, 0) is 14.6 Å². The van der Waals surface area contributed by atoms with E-state index in [1.54, 1.807) is 35.0 Å². The maximum atomic E-state index is 13.2. The number of sulfone groups is 1. The minimum atomic E-state index is -3.38. The molecule has 1 aliphatic heterocycles. The van der Waals surface area contributed by atoms with Gasteiger partial charge in [-0.05, 0) is 37.6 Å². The van der Waals surface area contributed by atoms with Crippen LogP contribution in [0.5, 0.6) is 0 Å². The van der Waals surface area contributed by atoms with Gasteiger partial charge in [0.25, 0.3) is 11.8 Å². The first-order valence-corrected chi connectivity index (χ1v) is 13.8. The second kappa shape index (κ2) is 10.4. The Hall–Kier alpha value is -3.11. The summed E-state index contributed by atoms with van der Waals surface area (Å²) < 4.78 is 26.5. The molecule has 3 aromatic rings. The molecule has 178 valence electrons. The third-order valence-electron chi connectivity index (χ3n) is 5.62. The van der Waals surface area contributed by atoms with E-state index in [0.29, 0.717) is 36.5 Å². The molecular formula is C24H26N4O4S2. The maximum absolute atomic E-state index is 13.2. The molecule has 1 saturated heterocycles. The first-order valence-electron chi connectivity index (χ1n) is 11.0. The van der Waals surface area contributed by atoms with E-state index in [2.05, 4.69) is 5.10 Å². The van der Waals surface area contributed by atoms with E-state index in [1.807, 2.05) is 37.3 Å². The van der Waals surface area contributed by atoms with Gasteiger partial charge in [-0.2, -0.15) is 16.9 Å². The highest BCUT2D eigenvalue weighted by molar-refractivity contribution is 8.01. The van der Waals surface area contributed by atoms with Gasteiger partial charge in [0.05, 0.1) is 39.5 Å². The SMILES string of the molecule is Cc1c(C(=O)N2CCCN2C(=O)CSCCS(=O)(=O)c2ccccc2)cnn1-c1ccccc1. The lowest BCUT2D eigenvalue weighted by atomic mass is 10.2. The van der Waals surface area contributed by atoms with Crippen LogP contribution in [0.25, 0.3) is 5.69 Å². The van der Waals surface area contributed by atoms with Gasteiger partial charge < -0.3 is 0 Å². The predicted octanol–water partition coefficient (Wildman–Crippen LogP) is 2.98. The summed E-state index contributed by atoms with van der Waals surface area (Å²) in [6.07, 6.45) is 2.23. The molecule has 1 fully saturated rings. The Morgan fingerprint density at radius 3 is 2.32 bits per heavy atom. The third kappa shape index (κ3) is 5.18. The van der Waals surface area contributed by atoms with Crippen LogP contribution in [0.3, 0.4) is 0 Å². The van der Waals surface area contributed by atoms with Gasteiger partial charge >= 0.3 is 0 Å². The lowest BCUT2D eigenvalue weighted by Crippen LogP contribution is -2.45. The molecule has 1 aromatic heterocycles. The Kier molecular flexibility index (Phi) is 7.38. The van der Waals surface area contributed by atoms with E-state index in [-0.39, 0.29) is 28.2 Å². The Morgan fingerprint density at radius 1 is 0.971 bits per heavy atom. The van der Waals surface area contributed by atoms with Crippen LogP contribution in [0, 0.1) is 6.92 Å². The summed E-state index contributed by atoms with van der Waals surface area (Å²) in [6.45, 7) is 2.74. The highest BCUT2D eigenvalue weighted by atomic mass is 32.2. The molecule has 0 atom stereocenters. The molecule has 34 heavy (non-hydrogen) atoms. The number of carbonyl (C=O) groups excluding carboxylic acids is 2. The molecular weight excluding hydrogens is 472 g/mol. The number of hydrazine groups is 1. The molecule has 1 aliphatic rings. The lowest BCUT2D eigenvalue weighted by Gasteiger charge is -2.27. The van der Waals surface area contributed by atoms with Gasteiger partial charge in [-0.15, -0.1) is 0 Å². The van der Waals surface area contributed by atoms with Gasteiger partial charge in [-0.3, -0.25) is 14.6 Å². The van der Waals surface area contributed by atoms with Crippen LogP contribution in [-0.4, -0.2) is 70.4 Å². The van der Waals surface area contributed by atoms with Crippen molar-refractivity contribution in [3.05, 3.63) is 78.1 Å². The predicted molar refractivity (Wildman–Crippen MR) is 131 cm³/mol. The lowest BCUT2D eigenvalue weighted by molar-refractivity contribution is -0.137. The van der Waals surface area contributed by atoms with E-state index >= 15 is 0 Å². The quantitative estimate of drug-likeness (QED) is 0.444. The van der Waals surface area contributed by atoms with Gasteiger partial charge in [0.2, 0.25) is 0 Å². The van der Waals surface area contributed by atoms with Crippen LogP contribution in [0.2, 0.25) is 0 Å². The van der Waals surface area contributed by atoms with Crippen molar-refractivity contribution in [3.63, 3.8) is 0 Å². The Balaban J connectivity index is 1.35. The van der Waals surface area contributed by atoms with Crippen LogP contribution in [0.1, 0.15) is 22.5 Å². The highest BCUT2D eigenvalue weighted by Crippen LogP contribution is 2.21. The zero-order valence-corrected chi connectivity index (χ0v) is 20.5. The van der Waals surface area contributed by atoms with Crippen molar-refractivity contribution in [2.45, 2.75) is 18.2 Å². The molecule has 0 spiro atoms. The maximum Gasteiger partial charge on any atom is 0.275 e. The molecule has 0 saturated carbocycles. The largest absolute Gasteiger partial charge is 0.275 e. The van der Waals surface area contributed by atoms with Crippen LogP contribution in [0.4, 0.5) is 0 Å². The molecule has 0 bridgehead atoms. The minimum Gasteiger partial charge on any atom is -0.272 e. The Morgan fingerprint density at radius 2 is 1.62 bits per heavy atom. The molecule has 0 N–H and O–H groups in total. The number of benzene rings is 2. The highest BCUT2D eigenvalue weighted by Gasteiger charge is 2.32. The molecule has 0 unspecified atom stereocenters. The van der Waals surface area contributed by atoms with Gasteiger partial charge in [0.1, 0.15) is 0 Å². The monoisotopic (exact) mass is 498 g/mol. The van der Waals surface area contributed by atoms with Crippen LogP contribution in [0.15, 0.2) is 71.8 Å². The summed E-state index contributed by atoms with van der Waals surface area (Å²) in [5.41, 5.74) is 2.01. The summed E-state index contributed by atoms with van der Waals surface area (Å²) >= 11 is 1.26. The molecule has 0 radical (unpaired) electrons. The summed E-state index contributed by atoms with van der Waals surface area (Å²) in [5, 5.41) is 7.31. The van der Waals surface area contributed by atoms with E-state index < -0.39 is 9.84 Å². The van der Waals surface area contributed by atoms with Crippen molar-refractivity contribution in [1.82, 2.24) is 19.8 Å². The number of hydrogen-bond donors (Lipinski definition) is 0. The number of carbonyl (C=O) groups is 2. The third-order valence-corrected chi connectivity index (χ3v) is 8.55. The van der Waals surface area contributed by atoms with Crippen molar-refractivity contribution >= 4 is 33.4 Å². The second-order valence-corrected chi connectivity index (χ2v) is 11.1. The number of nitrogens with zero attached hydrogens (tertiary/aromatic N) is 4. The second-order valence-electron chi connectivity index (χ2n) is 7.87. The van der Waals surface area contributed by atoms with E-state index in [9.17, 15) is 18.0 Å². The number of thioether (sulfide) groups is 1. The average molecular weight is 499 g/mol. The molecule has 8 nitrogen and oxygen atoms in total. The number of amides is 2. The van der Waals surface area contributed by atoms with Crippen molar-refractivity contribution in [2.75, 3.05) is 30.3 Å². The van der Waals surface area contributed by atoms with E-state index in [0.717, 1.165) is 5.69 Å². The molecule has 2 aromatic carbocycles. The zero-order valence-electron chi connectivity index (χ0n) is 18.8. The topological polar surface area (TPSA) is 92.6 Å². The van der Waals surface area contributed by atoms with Gasteiger partial charge in [0, 0.05) is 18.8 Å². The fourth-order valence-electron chi connectivity index (χ4n) is 3.82. The smallest absolute Gasteiger partial charge is 0.272 e. The normalized spacial score (nSPS) is 13.9. The van der Waals surface area contributed by atoms with Crippen molar-refractivity contribution in [1.29, 1.82) is 0 Å². The summed E-state index contributed by atoms with van der Waals surface area (Å²) in [7, 11) is -3.38. The Bertz CT molecular complexity index is 1260. The summed E-state index contributed by atoms with van der Waals surface area (Å²) in [6, 6.07) is 17.8. The number of aromatic nitrogens is 2. The number of rotatable bonds is 8. The Labute approximate surface area is 203 Å². The molecule has 0 aliphatic carbocycles. The number of para-hydroxylation sites is 1. The number of hydrogen-bond acceptors (Lipinski definition) is 6. The average Bonchev–Trinajstić information content (AvgIpc) is 3.50. The fourth-order valence-corrected chi connectivity index (χ4v) is 6.44. The van der Waals surface area contributed by atoms with Crippen LogP contribution < -0.4 is 0 Å². The standard InChI is InChI=1S/C24H26N4O4S2/c1-19-22(17-25-28(19)20-9-4-2-5-10-20)24(30)27-14-8-13-26(27)23(29)18-33-15-16-34(31,32)21-11-6-3-7-12-21/h2-7,9-12,17H,8,13-16,18H2,1H3. The zero-order chi connectivity index (χ0) is 24.1. The molecule has 10 heteroatoms. The van der Waals surface area contributed by atoms with Gasteiger partial charge in [0.15, 0.2) is 9.84 Å². The van der Waals surface area contributed by atoms with E-state index in [4.69, 9.17) is 0 Å². The summed E-state index contributed by atoms with van der Waals surface area (Å²) in [5.74, 6) is -0.109. The van der Waals surface area contributed by atoms with Crippen molar-refractivity contribution < 1.29 is 18.0 Å². The van der Waals surface area contributed by atoms with Crippen LogP contribution >= 0.6 is 11.8 Å². The van der Waals surface area contributed by atoms with E-state index in [1.165, 1.54) is 28.0 Å².